The lowest BCUT2D eigenvalue weighted by Crippen LogP contribution is -2.11. The van der Waals surface area contributed by atoms with Crippen molar-refractivity contribution in [2.24, 2.45) is 0 Å². The first-order valence-electron chi connectivity index (χ1n) is 9.09. The zero-order valence-corrected chi connectivity index (χ0v) is 15.8. The maximum absolute atomic E-state index is 12.6. The number of carbonyl (C=O) groups is 1. The summed E-state index contributed by atoms with van der Waals surface area (Å²) >= 11 is 0. The molecule has 0 fully saturated rings. The number of fused-ring (bicyclic) bond motifs is 1. The minimum absolute atomic E-state index is 0.149. The first-order valence-corrected chi connectivity index (χ1v) is 9.09. The Labute approximate surface area is 158 Å². The summed E-state index contributed by atoms with van der Waals surface area (Å²) in [5.74, 6) is 0.0655. The fourth-order valence-corrected chi connectivity index (χ4v) is 2.98. The quantitative estimate of drug-likeness (QED) is 0.630. The lowest BCUT2D eigenvalue weighted by molar-refractivity contribution is -0.111. The van der Waals surface area contributed by atoms with Crippen LogP contribution in [-0.4, -0.2) is 5.91 Å². The molecule has 0 aliphatic carbocycles. The van der Waals surface area contributed by atoms with Crippen LogP contribution in [0.25, 0.3) is 17.0 Å². The third-order valence-electron chi connectivity index (χ3n) is 4.73. The van der Waals surface area contributed by atoms with E-state index in [1.165, 1.54) is 18.4 Å². The van der Waals surface area contributed by atoms with Gasteiger partial charge in [0.2, 0.25) is 5.91 Å². The van der Waals surface area contributed by atoms with Crippen LogP contribution in [0.1, 0.15) is 42.9 Å². The number of hydrogen-bond acceptors (Lipinski definition) is 3. The molecule has 0 radical (unpaired) electrons. The molecule has 0 spiro atoms. The van der Waals surface area contributed by atoms with Crippen molar-refractivity contribution in [2.75, 3.05) is 5.32 Å². The summed E-state index contributed by atoms with van der Waals surface area (Å²) < 4.78 is 5.51. The van der Waals surface area contributed by atoms with Crippen LogP contribution in [-0.2, 0) is 4.79 Å². The molecule has 3 aromatic rings. The van der Waals surface area contributed by atoms with Crippen LogP contribution >= 0.6 is 0 Å². The molecule has 2 aromatic carbocycles. The maximum Gasteiger partial charge on any atom is 0.248 e. The van der Waals surface area contributed by atoms with Gasteiger partial charge in [-0.25, -0.2) is 0 Å². The molecule has 0 saturated carbocycles. The van der Waals surface area contributed by atoms with Gasteiger partial charge in [-0.2, -0.15) is 0 Å². The molecule has 3 rings (SSSR count). The second-order valence-corrected chi connectivity index (χ2v) is 6.74. The first-order chi connectivity index (χ1) is 13.0. The van der Waals surface area contributed by atoms with Gasteiger partial charge in [-0.05, 0) is 49.1 Å². The number of nitrogens with one attached hydrogen (secondary N) is 1. The molecule has 0 aliphatic rings. The van der Waals surface area contributed by atoms with Crippen molar-refractivity contribution in [3.05, 3.63) is 81.7 Å². The summed E-state index contributed by atoms with van der Waals surface area (Å²) in [7, 11) is 0. The second kappa shape index (κ2) is 8.04. The van der Waals surface area contributed by atoms with Crippen molar-refractivity contribution in [1.82, 2.24) is 0 Å². The lowest BCUT2D eigenvalue weighted by atomic mass is 9.97. The highest BCUT2D eigenvalue weighted by atomic mass is 16.3. The van der Waals surface area contributed by atoms with Crippen molar-refractivity contribution in [1.29, 1.82) is 0 Å². The number of carbonyl (C=O) groups excluding carboxylic acids is 1. The molecule has 138 valence electrons. The van der Waals surface area contributed by atoms with E-state index >= 15 is 0 Å². The van der Waals surface area contributed by atoms with E-state index in [0.717, 1.165) is 23.2 Å². The van der Waals surface area contributed by atoms with Gasteiger partial charge >= 0.3 is 0 Å². The van der Waals surface area contributed by atoms with E-state index in [2.05, 4.69) is 19.2 Å². The molecule has 0 aliphatic heterocycles. The summed E-state index contributed by atoms with van der Waals surface area (Å²) in [5, 5.41) is 3.42. The van der Waals surface area contributed by atoms with E-state index in [0.29, 0.717) is 22.5 Å². The highest BCUT2D eigenvalue weighted by molar-refractivity contribution is 6.02. The molecular weight excluding hydrogens is 338 g/mol. The van der Waals surface area contributed by atoms with Gasteiger partial charge in [-0.3, -0.25) is 9.59 Å². The monoisotopic (exact) mass is 361 g/mol. The summed E-state index contributed by atoms with van der Waals surface area (Å²) in [6, 6.07) is 13.2. The summed E-state index contributed by atoms with van der Waals surface area (Å²) in [6.45, 7) is 6.16. The number of amides is 1. The van der Waals surface area contributed by atoms with Crippen LogP contribution in [0.15, 0.2) is 64.0 Å². The molecule has 1 aromatic heterocycles. The smallest absolute Gasteiger partial charge is 0.248 e. The van der Waals surface area contributed by atoms with Crippen molar-refractivity contribution < 1.29 is 9.21 Å². The Hall–Kier alpha value is -3.14. The number of hydrogen-bond donors (Lipinski definition) is 1. The van der Waals surface area contributed by atoms with Crippen molar-refractivity contribution in [3.63, 3.8) is 0 Å². The van der Waals surface area contributed by atoms with Crippen molar-refractivity contribution in [3.8, 4) is 0 Å². The van der Waals surface area contributed by atoms with Gasteiger partial charge in [0.15, 0.2) is 5.43 Å². The molecule has 0 bridgehead atoms. The summed E-state index contributed by atoms with van der Waals surface area (Å²) in [4.78, 5) is 24.9. The largest absolute Gasteiger partial charge is 0.463 e. The van der Waals surface area contributed by atoms with E-state index in [1.807, 2.05) is 37.3 Å². The van der Waals surface area contributed by atoms with E-state index in [4.69, 9.17) is 4.42 Å². The molecular formula is C23H23NO3. The maximum atomic E-state index is 12.6. The molecule has 4 heteroatoms. The summed E-state index contributed by atoms with van der Waals surface area (Å²) in [5.41, 5.74) is 3.61. The van der Waals surface area contributed by atoms with Gasteiger partial charge in [0.05, 0.1) is 10.9 Å². The number of aryl methyl sites for hydroxylation is 1. The van der Waals surface area contributed by atoms with Crippen LogP contribution in [0.3, 0.4) is 0 Å². The normalized spacial score (nSPS) is 12.4. The van der Waals surface area contributed by atoms with Gasteiger partial charge in [-0.15, -0.1) is 0 Å². The standard InChI is InChI=1S/C23H23NO3/c1-4-16(3)18-7-5-6-8-20(18)24-22(25)12-10-17-14-27-21-11-9-15(2)13-19(21)23(17)26/h5-14,16H,4H2,1-3H3,(H,24,25)/b12-10+. The van der Waals surface area contributed by atoms with Gasteiger partial charge in [0.1, 0.15) is 11.8 Å². The SMILES string of the molecule is CCC(C)c1ccccc1NC(=O)/C=C/c1coc2ccc(C)cc2c1=O. The number of para-hydroxylation sites is 1. The van der Waals surface area contributed by atoms with Gasteiger partial charge in [-0.1, -0.05) is 43.7 Å². The lowest BCUT2D eigenvalue weighted by Gasteiger charge is -2.14. The fraction of sp³-hybridized carbons (Fsp3) is 0.217. The second-order valence-electron chi connectivity index (χ2n) is 6.74. The van der Waals surface area contributed by atoms with E-state index in [1.54, 1.807) is 12.1 Å². The Morgan fingerprint density at radius 2 is 2.00 bits per heavy atom. The van der Waals surface area contributed by atoms with Gasteiger partial charge < -0.3 is 9.73 Å². The van der Waals surface area contributed by atoms with Crippen LogP contribution < -0.4 is 10.7 Å². The molecule has 1 unspecified atom stereocenters. The Morgan fingerprint density at radius 3 is 2.78 bits per heavy atom. The van der Waals surface area contributed by atoms with E-state index < -0.39 is 0 Å². The van der Waals surface area contributed by atoms with E-state index in [-0.39, 0.29) is 11.3 Å². The number of rotatable bonds is 5. The highest BCUT2D eigenvalue weighted by Crippen LogP contribution is 2.26. The van der Waals surface area contributed by atoms with Crippen LogP contribution in [0.2, 0.25) is 0 Å². The fourth-order valence-electron chi connectivity index (χ4n) is 2.98. The van der Waals surface area contributed by atoms with Crippen LogP contribution in [0.5, 0.6) is 0 Å². The molecule has 1 heterocycles. The van der Waals surface area contributed by atoms with Gasteiger partial charge in [0, 0.05) is 11.8 Å². The minimum atomic E-state index is -0.283. The third kappa shape index (κ3) is 4.17. The molecule has 1 N–H and O–H groups in total. The Bertz CT molecular complexity index is 1060. The highest BCUT2D eigenvalue weighted by Gasteiger charge is 2.10. The molecule has 4 nitrogen and oxygen atoms in total. The van der Waals surface area contributed by atoms with Crippen LogP contribution in [0.4, 0.5) is 5.69 Å². The summed E-state index contributed by atoms with van der Waals surface area (Å²) in [6.07, 6.45) is 5.23. The topological polar surface area (TPSA) is 59.3 Å². The average molecular weight is 361 g/mol. The van der Waals surface area contributed by atoms with Crippen LogP contribution in [0, 0.1) is 6.92 Å². The number of anilines is 1. The predicted molar refractivity (Wildman–Crippen MR) is 110 cm³/mol. The zero-order valence-electron chi connectivity index (χ0n) is 15.8. The predicted octanol–water partition coefficient (Wildman–Crippen LogP) is 5.27. The molecule has 1 atom stereocenters. The minimum Gasteiger partial charge on any atom is -0.463 e. The zero-order chi connectivity index (χ0) is 19.4. The third-order valence-corrected chi connectivity index (χ3v) is 4.73. The Kier molecular flexibility index (Phi) is 5.55. The Morgan fingerprint density at radius 1 is 1.22 bits per heavy atom. The van der Waals surface area contributed by atoms with Gasteiger partial charge in [0.25, 0.3) is 0 Å². The van der Waals surface area contributed by atoms with Crippen molar-refractivity contribution in [2.45, 2.75) is 33.1 Å². The van der Waals surface area contributed by atoms with Crippen molar-refractivity contribution >= 4 is 28.6 Å². The molecule has 0 saturated heterocycles. The average Bonchev–Trinajstić information content (AvgIpc) is 2.67. The first kappa shape index (κ1) is 18.6. The Balaban J connectivity index is 1.83. The molecule has 1 amide bonds. The molecule has 27 heavy (non-hydrogen) atoms. The van der Waals surface area contributed by atoms with E-state index in [9.17, 15) is 9.59 Å². The number of benzene rings is 2.